The summed E-state index contributed by atoms with van der Waals surface area (Å²) >= 11 is 0. The number of hydrogen-bond donors (Lipinski definition) is 3. The lowest BCUT2D eigenvalue weighted by molar-refractivity contribution is -0.179. The van der Waals surface area contributed by atoms with Crippen LogP contribution in [0.4, 0.5) is 0 Å². The summed E-state index contributed by atoms with van der Waals surface area (Å²) in [5, 5.41) is 33.4. The van der Waals surface area contributed by atoms with Crippen molar-refractivity contribution in [1.29, 1.82) is 0 Å². The molecule has 3 N–H and O–H groups in total. The zero-order valence-corrected chi connectivity index (χ0v) is 22.0. The maximum atomic E-state index is 14.0. The molecule has 2 heterocycles. The molecule has 0 saturated heterocycles. The van der Waals surface area contributed by atoms with Crippen LogP contribution in [0.15, 0.2) is 17.7 Å². The Morgan fingerprint density at radius 2 is 1.56 bits per heavy atom. The van der Waals surface area contributed by atoms with E-state index in [2.05, 4.69) is 0 Å². The molecule has 2 aliphatic heterocycles. The van der Waals surface area contributed by atoms with Gasteiger partial charge in [-0.1, -0.05) is 0 Å². The van der Waals surface area contributed by atoms with Crippen LogP contribution in [0.25, 0.3) is 0 Å². The van der Waals surface area contributed by atoms with Crippen LogP contribution in [0.3, 0.4) is 0 Å². The van der Waals surface area contributed by atoms with Crippen molar-refractivity contribution in [2.45, 2.75) is 51.4 Å². The lowest BCUT2D eigenvalue weighted by atomic mass is 9.65. The number of benzene rings is 2. The van der Waals surface area contributed by atoms with Crippen LogP contribution < -0.4 is 9.47 Å². The molecule has 11 nitrogen and oxygen atoms in total. The van der Waals surface area contributed by atoms with Crippen molar-refractivity contribution in [3.63, 3.8) is 0 Å². The standard InChI is InChI=1S/C28H26O11/c1-10-7-15(29)19-22(17(10)25(34)36-5)39-28(24(19)33)23(32)11(2)8-16(30)27(28)9-14-12(3)18(26(35)37-6)20(31)13(4)21(14)38-27/h7-8,24,29,31,33H,9H2,1-6H3/t24-,27+,28-/m0/s1. The number of Topliss-reactive ketones (excluding diaryl/α,β-unsaturated/α-hetero) is 1. The summed E-state index contributed by atoms with van der Waals surface area (Å²) in [6.07, 6.45) is -1.22. The third-order valence-electron chi connectivity index (χ3n) is 7.97. The third kappa shape index (κ3) is 3.01. The fourth-order valence-corrected chi connectivity index (χ4v) is 5.97. The molecule has 2 spiro atoms. The Balaban J connectivity index is 1.81. The summed E-state index contributed by atoms with van der Waals surface area (Å²) in [6, 6.07) is 1.22. The van der Waals surface area contributed by atoms with Crippen molar-refractivity contribution < 1.29 is 53.4 Å². The van der Waals surface area contributed by atoms with Gasteiger partial charge in [0.1, 0.15) is 40.2 Å². The summed E-state index contributed by atoms with van der Waals surface area (Å²) in [4.78, 5) is 53.0. The Bertz CT molecular complexity index is 1570. The molecule has 0 unspecified atom stereocenters. The number of carbonyl (C=O) groups is 4. The van der Waals surface area contributed by atoms with E-state index in [1.54, 1.807) is 0 Å². The molecule has 0 aromatic heterocycles. The number of ketones is 2. The minimum Gasteiger partial charge on any atom is -0.507 e. The predicted octanol–water partition coefficient (Wildman–Crippen LogP) is 2.23. The van der Waals surface area contributed by atoms with Gasteiger partial charge in [0, 0.05) is 23.1 Å². The summed E-state index contributed by atoms with van der Waals surface area (Å²) in [6.45, 7) is 5.88. The van der Waals surface area contributed by atoms with Crippen LogP contribution >= 0.6 is 0 Å². The highest BCUT2D eigenvalue weighted by molar-refractivity contribution is 6.19. The topological polar surface area (TPSA) is 166 Å². The number of aryl methyl sites for hydroxylation is 1. The van der Waals surface area contributed by atoms with E-state index in [0.717, 1.165) is 20.3 Å². The minimum absolute atomic E-state index is 0.0338. The van der Waals surface area contributed by atoms with E-state index in [9.17, 15) is 34.5 Å². The SMILES string of the molecule is COC(=O)c1c(C)c2c(c(C)c1O)O[C@]1(C2)C(=O)C=C(C)C(=O)[C@@]12Oc1c(C(=O)OC)c(C)cc(O)c1[C@@H]2O. The van der Waals surface area contributed by atoms with E-state index in [0.29, 0.717) is 5.56 Å². The van der Waals surface area contributed by atoms with Crippen LogP contribution in [-0.4, -0.2) is 64.2 Å². The highest BCUT2D eigenvalue weighted by Crippen LogP contribution is 2.60. The smallest absolute Gasteiger partial charge is 0.341 e. The average Bonchev–Trinajstić information content (AvgIpc) is 3.44. The lowest BCUT2D eigenvalue weighted by Gasteiger charge is -2.45. The number of carbonyl (C=O) groups excluding carboxylic acids is 4. The van der Waals surface area contributed by atoms with Crippen LogP contribution in [0.5, 0.6) is 23.0 Å². The molecule has 204 valence electrons. The summed E-state index contributed by atoms with van der Waals surface area (Å²) in [5.41, 5.74) is -4.38. The summed E-state index contributed by atoms with van der Waals surface area (Å²) in [7, 11) is 2.29. The molecule has 3 aliphatic rings. The number of aliphatic hydroxyl groups excluding tert-OH is 1. The van der Waals surface area contributed by atoms with Gasteiger partial charge >= 0.3 is 11.9 Å². The number of rotatable bonds is 2. The molecule has 0 bridgehead atoms. The molecule has 0 saturated carbocycles. The van der Waals surface area contributed by atoms with Gasteiger partial charge in [0.05, 0.1) is 19.8 Å². The zero-order chi connectivity index (χ0) is 28.8. The molecule has 0 amide bonds. The highest BCUT2D eigenvalue weighted by Gasteiger charge is 2.75. The van der Waals surface area contributed by atoms with Gasteiger partial charge in [-0.15, -0.1) is 0 Å². The molecule has 5 rings (SSSR count). The van der Waals surface area contributed by atoms with Crippen LogP contribution in [-0.2, 0) is 25.5 Å². The Kier molecular flexibility index (Phi) is 5.59. The van der Waals surface area contributed by atoms with Crippen molar-refractivity contribution in [2.24, 2.45) is 0 Å². The fourth-order valence-electron chi connectivity index (χ4n) is 5.97. The number of methoxy groups -OCH3 is 2. The minimum atomic E-state index is -2.47. The van der Waals surface area contributed by atoms with Crippen molar-refractivity contribution in [3.05, 3.63) is 56.7 Å². The van der Waals surface area contributed by atoms with E-state index in [-0.39, 0.29) is 56.9 Å². The van der Waals surface area contributed by atoms with E-state index < -0.39 is 52.3 Å². The number of phenols is 2. The average molecular weight is 539 g/mol. The molecule has 0 fully saturated rings. The fraction of sp³-hybridized carbons (Fsp3) is 0.357. The van der Waals surface area contributed by atoms with E-state index >= 15 is 0 Å². The van der Waals surface area contributed by atoms with Gasteiger partial charge in [0.15, 0.2) is 0 Å². The largest absolute Gasteiger partial charge is 0.507 e. The number of phenolic OH excluding ortho intramolecular Hbond substituents is 2. The van der Waals surface area contributed by atoms with Gasteiger partial charge in [-0.3, -0.25) is 9.59 Å². The zero-order valence-electron chi connectivity index (χ0n) is 22.0. The van der Waals surface area contributed by atoms with Crippen LogP contribution in [0.1, 0.15) is 61.6 Å². The van der Waals surface area contributed by atoms with E-state index in [1.165, 1.54) is 33.8 Å². The summed E-state index contributed by atoms with van der Waals surface area (Å²) in [5.74, 6) is -4.37. The van der Waals surface area contributed by atoms with E-state index in [1.807, 2.05) is 0 Å². The summed E-state index contributed by atoms with van der Waals surface area (Å²) < 4.78 is 22.1. The first-order valence-electron chi connectivity index (χ1n) is 12.0. The lowest BCUT2D eigenvalue weighted by Crippen LogP contribution is -2.72. The molecular formula is C28H26O11. The Morgan fingerprint density at radius 1 is 0.949 bits per heavy atom. The maximum absolute atomic E-state index is 14.0. The number of ether oxygens (including phenoxy) is 4. The first kappa shape index (κ1) is 26.2. The van der Waals surface area contributed by atoms with Crippen molar-refractivity contribution in [2.75, 3.05) is 14.2 Å². The molecule has 3 atom stereocenters. The van der Waals surface area contributed by atoms with Crippen molar-refractivity contribution in [1.82, 2.24) is 0 Å². The van der Waals surface area contributed by atoms with Gasteiger partial charge in [-0.25, -0.2) is 9.59 Å². The van der Waals surface area contributed by atoms with Gasteiger partial charge < -0.3 is 34.3 Å². The van der Waals surface area contributed by atoms with Gasteiger partial charge in [0.25, 0.3) is 0 Å². The Labute approximate surface area is 222 Å². The quantitative estimate of drug-likeness (QED) is 0.480. The molecule has 11 heteroatoms. The van der Waals surface area contributed by atoms with Crippen molar-refractivity contribution >= 4 is 23.5 Å². The van der Waals surface area contributed by atoms with Gasteiger partial charge in [-0.05, 0) is 51.0 Å². The number of esters is 2. The van der Waals surface area contributed by atoms with Crippen molar-refractivity contribution in [3.8, 4) is 23.0 Å². The number of aliphatic hydroxyl groups is 1. The third-order valence-corrected chi connectivity index (χ3v) is 7.97. The molecule has 1 aliphatic carbocycles. The molecule has 0 radical (unpaired) electrons. The second kappa shape index (κ2) is 8.31. The second-order valence-corrected chi connectivity index (χ2v) is 9.96. The predicted molar refractivity (Wildman–Crippen MR) is 132 cm³/mol. The molecular weight excluding hydrogens is 512 g/mol. The molecule has 2 aromatic rings. The number of aromatic hydroxyl groups is 2. The highest BCUT2D eigenvalue weighted by atomic mass is 16.6. The van der Waals surface area contributed by atoms with E-state index in [4.69, 9.17) is 18.9 Å². The second-order valence-electron chi connectivity index (χ2n) is 9.96. The maximum Gasteiger partial charge on any atom is 0.341 e. The monoisotopic (exact) mass is 538 g/mol. The Hall–Kier alpha value is -4.38. The van der Waals surface area contributed by atoms with Gasteiger partial charge in [0.2, 0.25) is 22.8 Å². The Morgan fingerprint density at radius 3 is 2.18 bits per heavy atom. The van der Waals surface area contributed by atoms with Crippen LogP contribution in [0, 0.1) is 20.8 Å². The number of hydrogen-bond acceptors (Lipinski definition) is 11. The first-order valence-corrected chi connectivity index (χ1v) is 12.0. The normalized spacial score (nSPS) is 24.7. The molecule has 39 heavy (non-hydrogen) atoms. The van der Waals surface area contributed by atoms with Crippen LogP contribution in [0.2, 0.25) is 0 Å². The van der Waals surface area contributed by atoms with Gasteiger partial charge in [-0.2, -0.15) is 0 Å². The molecule has 2 aromatic carbocycles. The number of fused-ring (bicyclic) bond motifs is 3. The first-order chi connectivity index (χ1) is 18.3.